The van der Waals surface area contributed by atoms with Crippen LogP contribution in [0.4, 0.5) is 0 Å². The predicted octanol–water partition coefficient (Wildman–Crippen LogP) is 2.20. The third kappa shape index (κ3) is 5.12. The van der Waals surface area contributed by atoms with Crippen LogP contribution in [-0.2, 0) is 5.60 Å². The molecular formula is C27H31ClNO2-. The highest BCUT2D eigenvalue weighted by Crippen LogP contribution is 2.43. The summed E-state index contributed by atoms with van der Waals surface area (Å²) in [6.45, 7) is 5.62. The molecule has 0 saturated carbocycles. The summed E-state index contributed by atoms with van der Waals surface area (Å²) in [6, 6.07) is 28.5. The Labute approximate surface area is 192 Å². The fourth-order valence-electron chi connectivity index (χ4n) is 4.62. The molecule has 1 fully saturated rings. The van der Waals surface area contributed by atoms with Gasteiger partial charge in [0.1, 0.15) is 11.4 Å². The van der Waals surface area contributed by atoms with Gasteiger partial charge in [-0.2, -0.15) is 0 Å². The third-order valence-corrected chi connectivity index (χ3v) is 6.17. The summed E-state index contributed by atoms with van der Waals surface area (Å²) in [4.78, 5) is 2.49. The fraction of sp³-hybridized carbons (Fsp3) is 0.333. The molecule has 3 nitrogen and oxygen atoms in total. The van der Waals surface area contributed by atoms with Gasteiger partial charge in [0, 0.05) is 12.5 Å². The Morgan fingerprint density at radius 3 is 1.97 bits per heavy atom. The summed E-state index contributed by atoms with van der Waals surface area (Å²) >= 11 is 0. The zero-order valence-corrected chi connectivity index (χ0v) is 18.8. The van der Waals surface area contributed by atoms with Crippen molar-refractivity contribution >= 4 is 0 Å². The second-order valence-corrected chi connectivity index (χ2v) is 8.06. The molecule has 1 heterocycles. The van der Waals surface area contributed by atoms with E-state index in [0.29, 0.717) is 6.61 Å². The highest BCUT2D eigenvalue weighted by atomic mass is 35.5. The van der Waals surface area contributed by atoms with Gasteiger partial charge in [0.15, 0.2) is 0 Å². The van der Waals surface area contributed by atoms with Gasteiger partial charge in [-0.3, -0.25) is 0 Å². The zero-order valence-electron chi connectivity index (χ0n) is 18.1. The maximum Gasteiger partial charge on any atom is 0.123 e. The minimum absolute atomic E-state index is 0. The number of rotatable bonds is 8. The van der Waals surface area contributed by atoms with Crippen molar-refractivity contribution in [1.29, 1.82) is 0 Å². The zero-order chi connectivity index (χ0) is 20.8. The molecule has 2 atom stereocenters. The topological polar surface area (TPSA) is 32.7 Å². The first-order chi connectivity index (χ1) is 14.7. The molecule has 1 aliphatic rings. The lowest BCUT2D eigenvalue weighted by Crippen LogP contribution is -3.00. The normalized spacial score (nSPS) is 16.8. The largest absolute Gasteiger partial charge is 1.00 e. The summed E-state index contributed by atoms with van der Waals surface area (Å²) in [6.07, 6.45) is 2.46. The summed E-state index contributed by atoms with van der Waals surface area (Å²) < 4.78 is 5.64. The molecule has 31 heavy (non-hydrogen) atoms. The minimum Gasteiger partial charge on any atom is -1.00 e. The number of halogens is 1. The Bertz CT molecular complexity index is 911. The molecule has 1 aliphatic heterocycles. The molecule has 0 aliphatic carbocycles. The van der Waals surface area contributed by atoms with Crippen LogP contribution in [0.15, 0.2) is 84.9 Å². The van der Waals surface area contributed by atoms with E-state index in [1.807, 2.05) is 67.6 Å². The molecule has 164 valence electrons. The van der Waals surface area contributed by atoms with E-state index < -0.39 is 5.60 Å². The van der Waals surface area contributed by atoms with Crippen molar-refractivity contribution in [2.24, 2.45) is 0 Å². The smallest absolute Gasteiger partial charge is 0.123 e. The molecule has 4 heteroatoms. The lowest BCUT2D eigenvalue weighted by Gasteiger charge is -2.40. The van der Waals surface area contributed by atoms with Gasteiger partial charge in [-0.25, -0.2) is 0 Å². The van der Waals surface area contributed by atoms with E-state index in [2.05, 4.69) is 29.2 Å². The Kier molecular flexibility index (Phi) is 8.14. The maximum atomic E-state index is 12.5. The van der Waals surface area contributed by atoms with Crippen LogP contribution in [-0.4, -0.2) is 36.2 Å². The summed E-state index contributed by atoms with van der Waals surface area (Å²) in [5, 5.41) is 12.5. The van der Waals surface area contributed by atoms with E-state index in [4.69, 9.17) is 4.74 Å². The van der Waals surface area contributed by atoms with Gasteiger partial charge in [0.05, 0.1) is 6.61 Å². The van der Waals surface area contributed by atoms with Crippen molar-refractivity contribution in [3.63, 3.8) is 0 Å². The van der Waals surface area contributed by atoms with Crippen molar-refractivity contribution < 1.29 is 22.3 Å². The van der Waals surface area contributed by atoms with Crippen LogP contribution in [0.25, 0.3) is 0 Å². The quantitative estimate of drug-likeness (QED) is 0.587. The van der Waals surface area contributed by atoms with Crippen molar-refractivity contribution in [3.05, 3.63) is 102 Å². The average molecular weight is 437 g/mol. The Balaban J connectivity index is 0.00000272. The van der Waals surface area contributed by atoms with Crippen LogP contribution in [0.2, 0.25) is 0 Å². The molecule has 1 N–H and O–H groups in total. The third-order valence-electron chi connectivity index (χ3n) is 6.17. The van der Waals surface area contributed by atoms with Gasteiger partial charge < -0.3 is 27.2 Å². The van der Waals surface area contributed by atoms with Gasteiger partial charge >= 0.3 is 0 Å². The summed E-state index contributed by atoms with van der Waals surface area (Å²) in [5.74, 6) is 0.740. The van der Waals surface area contributed by atoms with Crippen LogP contribution in [0.3, 0.4) is 0 Å². The Morgan fingerprint density at radius 1 is 0.839 bits per heavy atom. The molecule has 3 aromatic carbocycles. The SMILES string of the molecule is CCOc1ccc(C(O)(c2ccccc2)C(CN2CCCC2)c2ccccc2)cc1.[Cl-]. The molecule has 1 saturated heterocycles. The van der Waals surface area contributed by atoms with Crippen molar-refractivity contribution in [1.82, 2.24) is 4.90 Å². The van der Waals surface area contributed by atoms with E-state index in [1.165, 1.54) is 12.8 Å². The number of nitrogens with zero attached hydrogens (tertiary/aromatic N) is 1. The average Bonchev–Trinajstić information content (AvgIpc) is 3.32. The first-order valence-corrected chi connectivity index (χ1v) is 11.0. The van der Waals surface area contributed by atoms with Crippen LogP contribution in [0.1, 0.15) is 42.4 Å². The fourth-order valence-corrected chi connectivity index (χ4v) is 4.62. The standard InChI is InChI=1S/C27H31NO2.ClH/c1-2-30-25-17-15-24(16-18-25)27(29,23-13-7-4-8-14-23)26(21-28-19-9-10-20-28)22-11-5-3-6-12-22;/h3-8,11-18,26,29H,2,9-10,19-21H2,1H3;1H/p-1. The van der Waals surface area contributed by atoms with Crippen molar-refractivity contribution in [2.75, 3.05) is 26.2 Å². The summed E-state index contributed by atoms with van der Waals surface area (Å²) in [7, 11) is 0. The maximum absolute atomic E-state index is 12.5. The molecule has 0 aromatic heterocycles. The van der Waals surface area contributed by atoms with E-state index in [1.54, 1.807) is 0 Å². The van der Waals surface area contributed by atoms with Gasteiger partial charge in [0.25, 0.3) is 0 Å². The predicted molar refractivity (Wildman–Crippen MR) is 122 cm³/mol. The Morgan fingerprint density at radius 2 is 1.39 bits per heavy atom. The molecule has 2 unspecified atom stereocenters. The number of benzene rings is 3. The minimum atomic E-state index is -1.14. The van der Waals surface area contributed by atoms with Gasteiger partial charge in [-0.1, -0.05) is 72.8 Å². The Hall–Kier alpha value is -2.33. The van der Waals surface area contributed by atoms with E-state index >= 15 is 0 Å². The van der Waals surface area contributed by atoms with Crippen LogP contribution in [0, 0.1) is 0 Å². The van der Waals surface area contributed by atoms with Gasteiger partial charge in [0.2, 0.25) is 0 Å². The van der Waals surface area contributed by atoms with Crippen LogP contribution >= 0.6 is 0 Å². The number of hydrogen-bond donors (Lipinski definition) is 1. The summed E-state index contributed by atoms with van der Waals surface area (Å²) in [5.41, 5.74) is 1.83. The number of likely N-dealkylation sites (tertiary alicyclic amines) is 1. The molecule has 0 amide bonds. The lowest BCUT2D eigenvalue weighted by molar-refractivity contribution is -0.0000136. The molecule has 4 rings (SSSR count). The van der Waals surface area contributed by atoms with Crippen LogP contribution in [0.5, 0.6) is 5.75 Å². The number of hydrogen-bond acceptors (Lipinski definition) is 3. The van der Waals surface area contributed by atoms with Gasteiger partial charge in [-0.15, -0.1) is 0 Å². The van der Waals surface area contributed by atoms with Crippen molar-refractivity contribution in [3.8, 4) is 5.75 Å². The highest BCUT2D eigenvalue weighted by Gasteiger charge is 2.42. The number of aliphatic hydroxyl groups is 1. The molecule has 0 spiro atoms. The van der Waals surface area contributed by atoms with Crippen LogP contribution < -0.4 is 17.1 Å². The molecule has 3 aromatic rings. The lowest BCUT2D eigenvalue weighted by atomic mass is 9.72. The van der Waals surface area contributed by atoms with E-state index in [-0.39, 0.29) is 18.3 Å². The molecule has 0 radical (unpaired) electrons. The van der Waals surface area contributed by atoms with Gasteiger partial charge in [-0.05, 0) is 61.7 Å². The second kappa shape index (κ2) is 10.8. The molecular weight excluding hydrogens is 406 g/mol. The van der Waals surface area contributed by atoms with E-state index in [9.17, 15) is 5.11 Å². The number of ether oxygens (including phenoxy) is 1. The monoisotopic (exact) mass is 436 g/mol. The highest BCUT2D eigenvalue weighted by molar-refractivity contribution is 5.43. The molecule has 0 bridgehead atoms. The first kappa shape index (κ1) is 23.3. The second-order valence-electron chi connectivity index (χ2n) is 8.06. The van der Waals surface area contributed by atoms with E-state index in [0.717, 1.165) is 42.1 Å². The van der Waals surface area contributed by atoms with Crippen molar-refractivity contribution in [2.45, 2.75) is 31.3 Å². The first-order valence-electron chi connectivity index (χ1n) is 11.0.